The van der Waals surface area contributed by atoms with Gasteiger partial charge in [0, 0.05) is 23.3 Å². The quantitative estimate of drug-likeness (QED) is 0.458. The van der Waals surface area contributed by atoms with Crippen LogP contribution in [0.2, 0.25) is 5.02 Å². The highest BCUT2D eigenvalue weighted by molar-refractivity contribution is 6.30. The molecule has 1 unspecified atom stereocenters. The third-order valence-electron chi connectivity index (χ3n) is 5.62. The molecule has 0 bridgehead atoms. The van der Waals surface area contributed by atoms with E-state index in [0.717, 1.165) is 10.5 Å². The van der Waals surface area contributed by atoms with E-state index in [0.29, 0.717) is 27.9 Å². The van der Waals surface area contributed by atoms with Gasteiger partial charge in [-0.3, -0.25) is 9.59 Å². The fourth-order valence-electron chi connectivity index (χ4n) is 3.89. The highest BCUT2D eigenvalue weighted by Crippen LogP contribution is 2.31. The monoisotopic (exact) mass is 493 g/mol. The second kappa shape index (κ2) is 10.5. The van der Waals surface area contributed by atoms with Crippen molar-refractivity contribution in [2.24, 2.45) is 0 Å². The van der Waals surface area contributed by atoms with E-state index < -0.39 is 23.9 Å². The average Bonchev–Trinajstić information content (AvgIpc) is 3.09. The lowest BCUT2D eigenvalue weighted by Gasteiger charge is -2.22. The van der Waals surface area contributed by atoms with Crippen LogP contribution < -0.4 is 19.7 Å². The zero-order valence-electron chi connectivity index (χ0n) is 19.2. The van der Waals surface area contributed by atoms with Crippen molar-refractivity contribution in [3.63, 3.8) is 0 Å². The number of hydrogen-bond acceptors (Lipinski definition) is 5. The van der Waals surface area contributed by atoms with Crippen molar-refractivity contribution in [3.8, 4) is 11.5 Å². The standard InChI is InChI=1S/C26H24ClN3O5/c1-34-21-7-3-5-17(13-21)16-29-23(15-24(31)28-19-11-9-18(27)10-12-19)25(32)30(26(29)33)20-6-4-8-22(14-20)35-2/h3-14,23H,15-16H2,1-2H3,(H,28,31). The van der Waals surface area contributed by atoms with Crippen LogP contribution in [0.5, 0.6) is 11.5 Å². The summed E-state index contributed by atoms with van der Waals surface area (Å²) in [7, 11) is 3.06. The van der Waals surface area contributed by atoms with E-state index in [1.807, 2.05) is 6.07 Å². The number of anilines is 2. The zero-order chi connectivity index (χ0) is 24.9. The van der Waals surface area contributed by atoms with Gasteiger partial charge in [0.05, 0.1) is 26.3 Å². The van der Waals surface area contributed by atoms with Gasteiger partial charge in [-0.05, 0) is 54.1 Å². The molecule has 8 nitrogen and oxygen atoms in total. The van der Waals surface area contributed by atoms with Gasteiger partial charge in [-0.1, -0.05) is 29.8 Å². The molecular formula is C26H24ClN3O5. The summed E-state index contributed by atoms with van der Waals surface area (Å²) in [5, 5.41) is 3.30. The van der Waals surface area contributed by atoms with Crippen LogP contribution in [0.25, 0.3) is 0 Å². The first-order valence-electron chi connectivity index (χ1n) is 10.9. The molecule has 3 aromatic carbocycles. The Morgan fingerprint density at radius 3 is 2.29 bits per heavy atom. The van der Waals surface area contributed by atoms with Gasteiger partial charge in [0.15, 0.2) is 0 Å². The number of benzene rings is 3. The first-order valence-corrected chi connectivity index (χ1v) is 11.2. The number of carbonyl (C=O) groups excluding carboxylic acids is 3. The van der Waals surface area contributed by atoms with Gasteiger partial charge in [-0.15, -0.1) is 0 Å². The molecule has 0 radical (unpaired) electrons. The van der Waals surface area contributed by atoms with Crippen LogP contribution in [0.1, 0.15) is 12.0 Å². The lowest BCUT2D eigenvalue weighted by Crippen LogP contribution is -2.37. The Morgan fingerprint density at radius 2 is 1.60 bits per heavy atom. The van der Waals surface area contributed by atoms with E-state index in [4.69, 9.17) is 21.1 Å². The summed E-state index contributed by atoms with van der Waals surface area (Å²) in [4.78, 5) is 42.3. The van der Waals surface area contributed by atoms with Crippen LogP contribution in [-0.2, 0) is 16.1 Å². The van der Waals surface area contributed by atoms with Crippen molar-refractivity contribution < 1.29 is 23.9 Å². The Bertz CT molecular complexity index is 1250. The van der Waals surface area contributed by atoms with Crippen LogP contribution >= 0.6 is 11.6 Å². The van der Waals surface area contributed by atoms with Crippen LogP contribution in [0, 0.1) is 0 Å². The molecule has 1 atom stereocenters. The molecule has 1 aliphatic heterocycles. The summed E-state index contributed by atoms with van der Waals surface area (Å²) in [6.07, 6.45) is -0.211. The molecule has 1 fully saturated rings. The summed E-state index contributed by atoms with van der Waals surface area (Å²) in [5.74, 6) is 0.243. The SMILES string of the molecule is COc1cccc(CN2C(=O)N(c3cccc(OC)c3)C(=O)C2CC(=O)Nc2ccc(Cl)cc2)c1. The average molecular weight is 494 g/mol. The van der Waals surface area contributed by atoms with Crippen LogP contribution in [0.15, 0.2) is 72.8 Å². The maximum absolute atomic E-state index is 13.5. The van der Waals surface area contributed by atoms with Gasteiger partial charge in [0.2, 0.25) is 5.91 Å². The Balaban J connectivity index is 1.62. The van der Waals surface area contributed by atoms with Crippen LogP contribution in [0.3, 0.4) is 0 Å². The highest BCUT2D eigenvalue weighted by atomic mass is 35.5. The molecule has 0 aliphatic carbocycles. The Kier molecular flexibility index (Phi) is 7.22. The van der Waals surface area contributed by atoms with Gasteiger partial charge in [0.25, 0.3) is 5.91 Å². The second-order valence-corrected chi connectivity index (χ2v) is 8.35. The molecule has 9 heteroatoms. The first-order chi connectivity index (χ1) is 16.9. The lowest BCUT2D eigenvalue weighted by atomic mass is 10.1. The number of ether oxygens (including phenoxy) is 2. The molecular weight excluding hydrogens is 470 g/mol. The van der Waals surface area contributed by atoms with Gasteiger partial charge in [-0.2, -0.15) is 0 Å². The zero-order valence-corrected chi connectivity index (χ0v) is 20.0. The third-order valence-corrected chi connectivity index (χ3v) is 5.88. The molecule has 0 spiro atoms. The lowest BCUT2D eigenvalue weighted by molar-refractivity contribution is -0.124. The number of rotatable bonds is 8. The molecule has 180 valence electrons. The molecule has 35 heavy (non-hydrogen) atoms. The maximum Gasteiger partial charge on any atom is 0.332 e. The number of amides is 4. The smallest absolute Gasteiger partial charge is 0.332 e. The van der Waals surface area contributed by atoms with Crippen molar-refractivity contribution >= 4 is 40.8 Å². The second-order valence-electron chi connectivity index (χ2n) is 7.91. The molecule has 1 N–H and O–H groups in total. The van der Waals surface area contributed by atoms with Crippen molar-refractivity contribution in [3.05, 3.63) is 83.4 Å². The van der Waals surface area contributed by atoms with Gasteiger partial charge < -0.3 is 19.7 Å². The van der Waals surface area contributed by atoms with Crippen molar-refractivity contribution in [1.82, 2.24) is 4.90 Å². The number of nitrogens with zero attached hydrogens (tertiary/aromatic N) is 2. The summed E-state index contributed by atoms with van der Waals surface area (Å²) >= 11 is 5.91. The largest absolute Gasteiger partial charge is 0.497 e. The van der Waals surface area contributed by atoms with E-state index in [9.17, 15) is 14.4 Å². The highest BCUT2D eigenvalue weighted by Gasteiger charge is 2.46. The van der Waals surface area contributed by atoms with E-state index in [1.165, 1.54) is 12.0 Å². The molecule has 0 aromatic heterocycles. The number of methoxy groups -OCH3 is 2. The van der Waals surface area contributed by atoms with Crippen molar-refractivity contribution in [2.75, 3.05) is 24.4 Å². The van der Waals surface area contributed by atoms with Crippen LogP contribution in [0.4, 0.5) is 16.2 Å². The number of carbonyl (C=O) groups is 3. The maximum atomic E-state index is 13.5. The fraction of sp³-hybridized carbons (Fsp3) is 0.192. The number of halogens is 1. The first kappa shape index (κ1) is 24.1. The van der Waals surface area contributed by atoms with Gasteiger partial charge in [0.1, 0.15) is 17.5 Å². The van der Waals surface area contributed by atoms with E-state index in [1.54, 1.807) is 73.8 Å². The van der Waals surface area contributed by atoms with Gasteiger partial charge in [-0.25, -0.2) is 9.69 Å². The fourth-order valence-corrected chi connectivity index (χ4v) is 4.02. The van der Waals surface area contributed by atoms with Crippen molar-refractivity contribution in [2.45, 2.75) is 19.0 Å². The molecule has 1 saturated heterocycles. The summed E-state index contributed by atoms with van der Waals surface area (Å²) in [6, 6.07) is 19.0. The molecule has 0 saturated carbocycles. The number of urea groups is 1. The summed E-state index contributed by atoms with van der Waals surface area (Å²) < 4.78 is 10.5. The van der Waals surface area contributed by atoms with E-state index in [2.05, 4.69) is 5.32 Å². The number of imide groups is 1. The normalized spacial score (nSPS) is 15.3. The minimum atomic E-state index is -0.993. The van der Waals surface area contributed by atoms with E-state index >= 15 is 0 Å². The Labute approximate surface area is 208 Å². The number of hydrogen-bond donors (Lipinski definition) is 1. The molecule has 4 amide bonds. The minimum Gasteiger partial charge on any atom is -0.497 e. The predicted octanol–water partition coefficient (Wildman–Crippen LogP) is 4.72. The third kappa shape index (κ3) is 5.38. The summed E-state index contributed by atoms with van der Waals surface area (Å²) in [5.41, 5.74) is 1.68. The predicted molar refractivity (Wildman–Crippen MR) is 133 cm³/mol. The van der Waals surface area contributed by atoms with E-state index in [-0.39, 0.29) is 13.0 Å². The molecule has 1 aliphatic rings. The topological polar surface area (TPSA) is 88.2 Å². The Morgan fingerprint density at radius 1 is 0.943 bits per heavy atom. The minimum absolute atomic E-state index is 0.126. The van der Waals surface area contributed by atoms with Crippen LogP contribution in [-0.4, -0.2) is 43.0 Å². The van der Waals surface area contributed by atoms with Crippen molar-refractivity contribution in [1.29, 1.82) is 0 Å². The number of nitrogens with one attached hydrogen (secondary N) is 1. The Hall–Kier alpha value is -4.04. The molecule has 4 rings (SSSR count). The van der Waals surface area contributed by atoms with Gasteiger partial charge >= 0.3 is 6.03 Å². The molecule has 1 heterocycles. The molecule has 3 aromatic rings. The summed E-state index contributed by atoms with van der Waals surface area (Å²) in [6.45, 7) is 0.126.